The number of carbonyl (C=O) groups is 2. The minimum absolute atomic E-state index is 0.0156. The highest BCUT2D eigenvalue weighted by molar-refractivity contribution is 5.84. The highest BCUT2D eigenvalue weighted by Gasteiger charge is 2.38. The van der Waals surface area contributed by atoms with Gasteiger partial charge in [-0.05, 0) is 18.4 Å². The van der Waals surface area contributed by atoms with Gasteiger partial charge in [-0.2, -0.15) is 0 Å². The van der Waals surface area contributed by atoms with Gasteiger partial charge < -0.3 is 10.0 Å². The lowest BCUT2D eigenvalue weighted by Crippen LogP contribution is -2.33. The van der Waals surface area contributed by atoms with Crippen LogP contribution in [-0.2, 0) is 9.59 Å². The summed E-state index contributed by atoms with van der Waals surface area (Å²) < 4.78 is 0. The van der Waals surface area contributed by atoms with Crippen LogP contribution in [0.1, 0.15) is 25.3 Å². The molecule has 1 aliphatic heterocycles. The van der Waals surface area contributed by atoms with Crippen LogP contribution >= 0.6 is 0 Å². The third kappa shape index (κ3) is 2.78. The molecule has 0 radical (unpaired) electrons. The quantitative estimate of drug-likeness (QED) is 0.905. The first-order valence-corrected chi connectivity index (χ1v) is 6.57. The Morgan fingerprint density at radius 2 is 1.89 bits per heavy atom. The summed E-state index contributed by atoms with van der Waals surface area (Å²) in [7, 11) is 0. The van der Waals surface area contributed by atoms with E-state index in [1.165, 1.54) is 0 Å². The number of hydrogen-bond donors (Lipinski definition) is 1. The molecule has 4 heteroatoms. The third-order valence-electron chi connectivity index (χ3n) is 3.91. The van der Waals surface area contributed by atoms with Crippen LogP contribution in [0.4, 0.5) is 0 Å². The average molecular weight is 261 g/mol. The summed E-state index contributed by atoms with van der Waals surface area (Å²) in [6.07, 6.45) is 0. The second-order valence-corrected chi connectivity index (χ2v) is 5.30. The molecule has 19 heavy (non-hydrogen) atoms. The van der Waals surface area contributed by atoms with Crippen LogP contribution in [0.3, 0.4) is 0 Å². The Morgan fingerprint density at radius 3 is 2.42 bits per heavy atom. The molecule has 0 aromatic heterocycles. The van der Waals surface area contributed by atoms with Gasteiger partial charge in [0.2, 0.25) is 5.91 Å². The number of nitrogens with zero attached hydrogens (tertiary/aromatic N) is 1. The van der Waals surface area contributed by atoms with Crippen molar-refractivity contribution in [3.8, 4) is 0 Å². The van der Waals surface area contributed by atoms with E-state index in [1.54, 1.807) is 4.90 Å². The molecule has 1 amide bonds. The van der Waals surface area contributed by atoms with Crippen molar-refractivity contribution in [2.75, 3.05) is 13.1 Å². The Morgan fingerprint density at radius 1 is 1.26 bits per heavy atom. The first kappa shape index (κ1) is 13.6. The molecule has 1 N–H and O–H groups in total. The lowest BCUT2D eigenvalue weighted by Gasteiger charge is -2.21. The van der Waals surface area contributed by atoms with E-state index in [-0.39, 0.29) is 17.7 Å². The molecule has 0 bridgehead atoms. The highest BCUT2D eigenvalue weighted by atomic mass is 16.4. The predicted molar refractivity (Wildman–Crippen MR) is 71.7 cm³/mol. The number of hydrogen-bond acceptors (Lipinski definition) is 2. The maximum absolute atomic E-state index is 12.4. The van der Waals surface area contributed by atoms with Crippen molar-refractivity contribution in [1.29, 1.82) is 0 Å². The Bertz CT molecular complexity index is 472. The lowest BCUT2D eigenvalue weighted by atomic mass is 9.99. The lowest BCUT2D eigenvalue weighted by molar-refractivity contribution is -0.142. The molecule has 0 saturated carbocycles. The molecular weight excluding hydrogens is 242 g/mol. The number of carboxylic acids is 1. The second kappa shape index (κ2) is 5.43. The fourth-order valence-electron chi connectivity index (χ4n) is 2.63. The Kier molecular flexibility index (Phi) is 3.88. The van der Waals surface area contributed by atoms with E-state index in [0.717, 1.165) is 5.56 Å². The highest BCUT2D eigenvalue weighted by Crippen LogP contribution is 2.27. The molecule has 1 saturated heterocycles. The summed E-state index contributed by atoms with van der Waals surface area (Å²) >= 11 is 0. The van der Waals surface area contributed by atoms with E-state index in [4.69, 9.17) is 5.11 Å². The molecule has 1 aromatic rings. The Balaban J connectivity index is 2.07. The average Bonchev–Trinajstić information content (AvgIpc) is 2.80. The Labute approximate surface area is 113 Å². The molecule has 1 heterocycles. The molecule has 4 nitrogen and oxygen atoms in total. The fourth-order valence-corrected chi connectivity index (χ4v) is 2.63. The number of aliphatic carboxylic acids is 1. The molecule has 102 valence electrons. The van der Waals surface area contributed by atoms with Crippen molar-refractivity contribution < 1.29 is 14.7 Å². The van der Waals surface area contributed by atoms with E-state index in [2.05, 4.69) is 0 Å². The molecule has 2 rings (SSSR count). The van der Waals surface area contributed by atoms with E-state index in [9.17, 15) is 9.59 Å². The topological polar surface area (TPSA) is 57.6 Å². The van der Waals surface area contributed by atoms with E-state index >= 15 is 0 Å². The maximum atomic E-state index is 12.4. The molecule has 1 fully saturated rings. The van der Waals surface area contributed by atoms with Gasteiger partial charge in [0.05, 0.1) is 11.8 Å². The first-order valence-electron chi connectivity index (χ1n) is 6.57. The van der Waals surface area contributed by atoms with Gasteiger partial charge >= 0.3 is 5.97 Å². The second-order valence-electron chi connectivity index (χ2n) is 5.30. The predicted octanol–water partition coefficient (Wildman–Crippen LogP) is 1.97. The van der Waals surface area contributed by atoms with Crippen LogP contribution in [0.5, 0.6) is 0 Å². The van der Waals surface area contributed by atoms with Crippen LogP contribution < -0.4 is 0 Å². The SMILES string of the molecule is C[C@@H]1CN(C(=O)[C@H](C)c2ccccc2)C[C@H]1C(=O)O. The third-order valence-corrected chi connectivity index (χ3v) is 3.91. The van der Waals surface area contributed by atoms with Crippen molar-refractivity contribution in [2.45, 2.75) is 19.8 Å². The number of benzene rings is 1. The zero-order valence-electron chi connectivity index (χ0n) is 11.2. The molecule has 0 aliphatic carbocycles. The summed E-state index contributed by atoms with van der Waals surface area (Å²) in [6, 6.07) is 9.59. The number of carboxylic acid groups (broad SMARTS) is 1. The van der Waals surface area contributed by atoms with Crippen molar-refractivity contribution >= 4 is 11.9 Å². The number of amides is 1. The summed E-state index contributed by atoms with van der Waals surface area (Å²) in [6.45, 7) is 4.62. The van der Waals surface area contributed by atoms with E-state index in [0.29, 0.717) is 13.1 Å². The van der Waals surface area contributed by atoms with Crippen LogP contribution in [-0.4, -0.2) is 35.0 Å². The van der Waals surface area contributed by atoms with Gasteiger partial charge in [0.1, 0.15) is 0 Å². The van der Waals surface area contributed by atoms with Gasteiger partial charge in [0.15, 0.2) is 0 Å². The monoisotopic (exact) mass is 261 g/mol. The van der Waals surface area contributed by atoms with Crippen LogP contribution in [0.15, 0.2) is 30.3 Å². The standard InChI is InChI=1S/C15H19NO3/c1-10-8-16(9-13(10)15(18)19)14(17)11(2)12-6-4-3-5-7-12/h3-7,10-11,13H,8-9H2,1-2H3,(H,18,19)/t10-,11-,13-/m1/s1. The van der Waals surface area contributed by atoms with Gasteiger partial charge in [0, 0.05) is 13.1 Å². The van der Waals surface area contributed by atoms with Crippen molar-refractivity contribution in [1.82, 2.24) is 4.90 Å². The van der Waals surface area contributed by atoms with Gasteiger partial charge in [-0.25, -0.2) is 0 Å². The molecule has 3 atom stereocenters. The number of carbonyl (C=O) groups excluding carboxylic acids is 1. The van der Waals surface area contributed by atoms with Crippen LogP contribution in [0, 0.1) is 11.8 Å². The fraction of sp³-hybridized carbons (Fsp3) is 0.467. The minimum Gasteiger partial charge on any atom is -0.481 e. The smallest absolute Gasteiger partial charge is 0.308 e. The van der Waals surface area contributed by atoms with Crippen molar-refractivity contribution in [2.24, 2.45) is 11.8 Å². The molecular formula is C15H19NO3. The van der Waals surface area contributed by atoms with E-state index < -0.39 is 11.9 Å². The molecule has 1 aliphatic rings. The summed E-state index contributed by atoms with van der Waals surface area (Å²) in [5, 5.41) is 9.10. The Hall–Kier alpha value is -1.84. The summed E-state index contributed by atoms with van der Waals surface area (Å²) in [5.74, 6) is -1.44. The van der Waals surface area contributed by atoms with Crippen molar-refractivity contribution in [3.63, 3.8) is 0 Å². The van der Waals surface area contributed by atoms with Gasteiger partial charge in [-0.15, -0.1) is 0 Å². The first-order chi connectivity index (χ1) is 9.00. The summed E-state index contributed by atoms with van der Waals surface area (Å²) in [5.41, 5.74) is 0.971. The zero-order valence-corrected chi connectivity index (χ0v) is 11.2. The number of rotatable bonds is 3. The van der Waals surface area contributed by atoms with E-state index in [1.807, 2.05) is 44.2 Å². The number of likely N-dealkylation sites (tertiary alicyclic amines) is 1. The molecule has 0 unspecified atom stereocenters. The van der Waals surface area contributed by atoms with Gasteiger partial charge in [0.25, 0.3) is 0 Å². The normalized spacial score (nSPS) is 24.2. The van der Waals surface area contributed by atoms with Crippen LogP contribution in [0.25, 0.3) is 0 Å². The maximum Gasteiger partial charge on any atom is 0.308 e. The van der Waals surface area contributed by atoms with Gasteiger partial charge in [-0.1, -0.05) is 37.3 Å². The zero-order chi connectivity index (χ0) is 14.0. The van der Waals surface area contributed by atoms with Gasteiger partial charge in [-0.3, -0.25) is 9.59 Å². The van der Waals surface area contributed by atoms with Crippen LogP contribution in [0.2, 0.25) is 0 Å². The summed E-state index contributed by atoms with van der Waals surface area (Å²) in [4.78, 5) is 25.2. The molecule has 1 aromatic carbocycles. The van der Waals surface area contributed by atoms with Crippen molar-refractivity contribution in [3.05, 3.63) is 35.9 Å². The molecule has 0 spiro atoms. The largest absolute Gasteiger partial charge is 0.481 e. The minimum atomic E-state index is -0.810.